The molecule has 29 heavy (non-hydrogen) atoms. The largest absolute Gasteiger partial charge is 0.455 e. The molecule has 148 valence electrons. The molecular formula is C20H17N3O6. The summed E-state index contributed by atoms with van der Waals surface area (Å²) in [5.41, 5.74) is 2.08. The van der Waals surface area contributed by atoms with Crippen LogP contribution in [0.4, 0.5) is 11.4 Å². The number of aromatic nitrogens is 1. The molecule has 0 unspecified atom stereocenters. The molecule has 0 saturated heterocycles. The lowest BCUT2D eigenvalue weighted by molar-refractivity contribution is -0.148. The molecule has 4 rings (SSSR count). The second kappa shape index (κ2) is 7.63. The summed E-state index contributed by atoms with van der Waals surface area (Å²) in [6.07, 6.45) is -0.103. The van der Waals surface area contributed by atoms with E-state index in [-0.39, 0.29) is 25.4 Å². The van der Waals surface area contributed by atoms with E-state index in [0.717, 1.165) is 0 Å². The average molecular weight is 395 g/mol. The Kier molecular flexibility index (Phi) is 4.86. The van der Waals surface area contributed by atoms with Gasteiger partial charge in [0.15, 0.2) is 12.2 Å². The zero-order valence-electron chi connectivity index (χ0n) is 15.3. The summed E-state index contributed by atoms with van der Waals surface area (Å²) >= 11 is 0. The van der Waals surface area contributed by atoms with Crippen LogP contribution in [0.5, 0.6) is 0 Å². The number of hydrogen-bond donors (Lipinski definition) is 1. The van der Waals surface area contributed by atoms with Gasteiger partial charge < -0.3 is 14.5 Å². The maximum Gasteiger partial charge on any atom is 0.419 e. The number of anilines is 2. The number of carbonyl (C=O) groups excluding carboxylic acids is 3. The van der Waals surface area contributed by atoms with Crippen LogP contribution in [-0.2, 0) is 25.7 Å². The molecule has 0 bridgehead atoms. The van der Waals surface area contributed by atoms with Gasteiger partial charge in [-0.1, -0.05) is 24.3 Å². The summed E-state index contributed by atoms with van der Waals surface area (Å²) in [6.45, 7) is -0.580. The molecule has 0 fully saturated rings. The van der Waals surface area contributed by atoms with E-state index >= 15 is 0 Å². The van der Waals surface area contributed by atoms with Crippen molar-refractivity contribution >= 4 is 40.3 Å². The number of nitrogens with zero attached hydrogens (tertiary/aromatic N) is 2. The van der Waals surface area contributed by atoms with Gasteiger partial charge in [-0.2, -0.15) is 0 Å². The number of hydrogen-bond acceptors (Lipinski definition) is 6. The minimum atomic E-state index is -0.634. The first-order chi connectivity index (χ1) is 14.0. The van der Waals surface area contributed by atoms with Crippen LogP contribution in [0.1, 0.15) is 6.42 Å². The van der Waals surface area contributed by atoms with Gasteiger partial charge in [0, 0.05) is 6.54 Å². The van der Waals surface area contributed by atoms with Crippen molar-refractivity contribution in [3.05, 3.63) is 59.1 Å². The van der Waals surface area contributed by atoms with Crippen molar-refractivity contribution in [1.29, 1.82) is 0 Å². The quantitative estimate of drug-likeness (QED) is 0.656. The Morgan fingerprint density at radius 1 is 1.07 bits per heavy atom. The summed E-state index contributed by atoms with van der Waals surface area (Å²) in [4.78, 5) is 49.5. The third kappa shape index (κ3) is 3.75. The lowest BCUT2D eigenvalue weighted by Gasteiger charge is -2.28. The molecule has 2 amide bonds. The molecular weight excluding hydrogens is 378 g/mol. The fourth-order valence-corrected chi connectivity index (χ4v) is 3.18. The third-order valence-corrected chi connectivity index (χ3v) is 4.54. The van der Waals surface area contributed by atoms with E-state index in [1.54, 1.807) is 48.5 Å². The Morgan fingerprint density at radius 3 is 2.69 bits per heavy atom. The highest BCUT2D eigenvalue weighted by molar-refractivity contribution is 6.10. The number of carbonyl (C=O) groups is 3. The smallest absolute Gasteiger partial charge is 0.419 e. The highest BCUT2D eigenvalue weighted by Crippen LogP contribution is 2.28. The van der Waals surface area contributed by atoms with Crippen molar-refractivity contribution in [2.45, 2.75) is 13.0 Å². The van der Waals surface area contributed by atoms with Gasteiger partial charge in [0.1, 0.15) is 6.54 Å². The predicted octanol–water partition coefficient (Wildman–Crippen LogP) is 1.51. The molecule has 0 aliphatic carbocycles. The van der Waals surface area contributed by atoms with Gasteiger partial charge >= 0.3 is 11.7 Å². The Hall–Kier alpha value is -3.88. The topological polar surface area (TPSA) is 111 Å². The van der Waals surface area contributed by atoms with Gasteiger partial charge in [0.2, 0.25) is 5.91 Å². The van der Waals surface area contributed by atoms with Crippen molar-refractivity contribution in [2.75, 3.05) is 23.4 Å². The molecule has 2 heterocycles. The van der Waals surface area contributed by atoms with Crippen LogP contribution in [-0.4, -0.2) is 35.5 Å². The maximum absolute atomic E-state index is 12.5. The fourth-order valence-electron chi connectivity index (χ4n) is 3.18. The van der Waals surface area contributed by atoms with Crippen molar-refractivity contribution in [1.82, 2.24) is 4.57 Å². The highest BCUT2D eigenvalue weighted by atomic mass is 16.5. The van der Waals surface area contributed by atoms with Crippen LogP contribution < -0.4 is 16.0 Å². The number of oxazole rings is 1. The number of ether oxygens (including phenoxy) is 1. The molecule has 1 N–H and O–H groups in total. The minimum absolute atomic E-state index is 0.0673. The third-order valence-electron chi connectivity index (χ3n) is 4.54. The van der Waals surface area contributed by atoms with Crippen LogP contribution in [0.2, 0.25) is 0 Å². The first-order valence-corrected chi connectivity index (χ1v) is 8.96. The Labute approximate surface area is 164 Å². The van der Waals surface area contributed by atoms with Crippen LogP contribution in [0.3, 0.4) is 0 Å². The molecule has 9 nitrogen and oxygen atoms in total. The highest BCUT2D eigenvalue weighted by Gasteiger charge is 2.27. The maximum atomic E-state index is 12.5. The molecule has 0 spiro atoms. The summed E-state index contributed by atoms with van der Waals surface area (Å²) in [5.74, 6) is -2.03. The predicted molar refractivity (Wildman–Crippen MR) is 103 cm³/mol. The first kappa shape index (κ1) is 18.5. The second-order valence-corrected chi connectivity index (χ2v) is 6.44. The van der Waals surface area contributed by atoms with Gasteiger partial charge in [-0.05, 0) is 24.3 Å². The number of amides is 2. The van der Waals surface area contributed by atoms with Gasteiger partial charge in [-0.3, -0.25) is 23.9 Å². The number of rotatable bonds is 5. The molecule has 1 aliphatic rings. The number of aryl methyl sites for hydroxylation is 1. The normalized spacial score (nSPS) is 13.1. The Balaban J connectivity index is 1.36. The Bertz CT molecular complexity index is 1160. The molecule has 0 radical (unpaired) electrons. The lowest BCUT2D eigenvalue weighted by atomic mass is 10.2. The summed E-state index contributed by atoms with van der Waals surface area (Å²) < 4.78 is 11.5. The zero-order valence-corrected chi connectivity index (χ0v) is 15.3. The minimum Gasteiger partial charge on any atom is -0.455 e. The SMILES string of the molecule is O=C1CN(C(=O)COC(=O)CCn2c(=O)oc3ccccc32)c2ccccc2N1. The standard InChI is InChI=1S/C20H17N3O6/c24-17-11-23(14-6-2-1-5-13(14)21-17)18(25)12-28-19(26)9-10-22-15-7-3-4-8-16(15)29-20(22)27/h1-8H,9-12H2,(H,21,24). The Morgan fingerprint density at radius 2 is 1.83 bits per heavy atom. The van der Waals surface area contributed by atoms with Crippen LogP contribution >= 0.6 is 0 Å². The second-order valence-electron chi connectivity index (χ2n) is 6.44. The van der Waals surface area contributed by atoms with Gasteiger partial charge in [0.05, 0.1) is 23.3 Å². The summed E-state index contributed by atoms with van der Waals surface area (Å²) in [6, 6.07) is 13.8. The van der Waals surface area contributed by atoms with Crippen molar-refractivity contribution in [2.24, 2.45) is 0 Å². The number of benzene rings is 2. The van der Waals surface area contributed by atoms with E-state index in [1.165, 1.54) is 9.47 Å². The molecule has 0 saturated carbocycles. The molecule has 0 atom stereocenters. The number of para-hydroxylation sites is 4. The van der Waals surface area contributed by atoms with Gasteiger partial charge in [-0.25, -0.2) is 4.79 Å². The van der Waals surface area contributed by atoms with E-state index in [1.807, 2.05) is 0 Å². The van der Waals surface area contributed by atoms with Crippen molar-refractivity contribution in [3.63, 3.8) is 0 Å². The van der Waals surface area contributed by atoms with Crippen molar-refractivity contribution < 1.29 is 23.5 Å². The summed E-state index contributed by atoms with van der Waals surface area (Å²) in [5, 5.41) is 2.68. The molecule has 3 aromatic rings. The summed E-state index contributed by atoms with van der Waals surface area (Å²) in [7, 11) is 0. The van der Waals surface area contributed by atoms with Gasteiger partial charge in [0.25, 0.3) is 5.91 Å². The van der Waals surface area contributed by atoms with E-state index in [4.69, 9.17) is 9.15 Å². The van der Waals surface area contributed by atoms with E-state index < -0.39 is 24.2 Å². The van der Waals surface area contributed by atoms with E-state index in [0.29, 0.717) is 22.5 Å². The van der Waals surface area contributed by atoms with E-state index in [9.17, 15) is 19.2 Å². The lowest BCUT2D eigenvalue weighted by Crippen LogP contribution is -2.44. The van der Waals surface area contributed by atoms with E-state index in [2.05, 4.69) is 5.32 Å². The average Bonchev–Trinajstić information content (AvgIpc) is 3.04. The number of nitrogens with one attached hydrogen (secondary N) is 1. The van der Waals surface area contributed by atoms with Crippen LogP contribution in [0, 0.1) is 0 Å². The molecule has 1 aliphatic heterocycles. The van der Waals surface area contributed by atoms with Crippen LogP contribution in [0.25, 0.3) is 11.1 Å². The first-order valence-electron chi connectivity index (χ1n) is 8.96. The molecule has 1 aromatic heterocycles. The van der Waals surface area contributed by atoms with Crippen LogP contribution in [0.15, 0.2) is 57.7 Å². The number of fused-ring (bicyclic) bond motifs is 2. The zero-order chi connectivity index (χ0) is 20.4. The monoisotopic (exact) mass is 395 g/mol. The van der Waals surface area contributed by atoms with Crippen molar-refractivity contribution in [3.8, 4) is 0 Å². The number of esters is 1. The molecule has 9 heteroatoms. The molecule has 2 aromatic carbocycles. The fraction of sp³-hybridized carbons (Fsp3) is 0.200. The van der Waals surface area contributed by atoms with Gasteiger partial charge in [-0.15, -0.1) is 0 Å².